The molecular weight excluding hydrogens is 616 g/mol. The van der Waals surface area contributed by atoms with Crippen LogP contribution in [-0.4, -0.2) is 84.6 Å². The van der Waals surface area contributed by atoms with E-state index in [2.05, 4.69) is 85.1 Å². The van der Waals surface area contributed by atoms with Crippen LogP contribution in [0.1, 0.15) is 30.0 Å². The third-order valence-electron chi connectivity index (χ3n) is 7.95. The molecule has 2 aromatic carbocycles. The van der Waals surface area contributed by atoms with E-state index in [-0.39, 0.29) is 0 Å². The summed E-state index contributed by atoms with van der Waals surface area (Å²) in [5.41, 5.74) is 11.2. The molecule has 0 radical (unpaired) electrons. The van der Waals surface area contributed by atoms with Crippen molar-refractivity contribution in [1.82, 2.24) is 25.0 Å². The Hall–Kier alpha value is -4.42. The van der Waals surface area contributed by atoms with Gasteiger partial charge in [-0.05, 0) is 74.9 Å². The number of likely N-dealkylation sites (tertiary alicyclic amines) is 1. The van der Waals surface area contributed by atoms with Gasteiger partial charge in [0.15, 0.2) is 11.6 Å². The van der Waals surface area contributed by atoms with E-state index >= 15 is 0 Å². The van der Waals surface area contributed by atoms with Crippen molar-refractivity contribution in [3.63, 3.8) is 0 Å². The Morgan fingerprint density at radius 2 is 1.60 bits per heavy atom. The van der Waals surface area contributed by atoms with Gasteiger partial charge in [-0.1, -0.05) is 35.5 Å². The van der Waals surface area contributed by atoms with Crippen molar-refractivity contribution < 1.29 is 14.1 Å². The lowest BCUT2D eigenvalue weighted by molar-refractivity contribution is -0.0980. The van der Waals surface area contributed by atoms with E-state index in [1.165, 1.54) is 19.0 Å². The highest BCUT2D eigenvalue weighted by Gasteiger charge is 2.29. The largest absolute Gasteiger partial charge is 0.378 e. The maximum atomic E-state index is 8.00. The number of alkyl halides is 1. The molecule has 248 valence electrons. The van der Waals surface area contributed by atoms with Gasteiger partial charge in [-0.2, -0.15) is 0 Å². The number of hydrogen-bond acceptors (Lipinski definition) is 11. The maximum absolute atomic E-state index is 8.00. The van der Waals surface area contributed by atoms with Crippen molar-refractivity contribution >= 4 is 46.7 Å². The number of benzene rings is 2. The molecule has 3 N–H and O–H groups in total. The highest BCUT2D eigenvalue weighted by Crippen LogP contribution is 2.36. The molecule has 0 saturated carbocycles. The SMILES string of the molecule is C=O.CCl.CN.c1ccc(CN2CCC(c3noc4c(N5CCOCC5)nc(-c5ccc(Nc6cccnc6)cc5)nc34)CC2)cc1. The molecule has 0 bridgehead atoms. The van der Waals surface area contributed by atoms with Gasteiger partial charge < -0.3 is 30.0 Å². The number of fused-ring (bicyclic) bond motifs is 1. The van der Waals surface area contributed by atoms with E-state index in [1.54, 1.807) is 12.4 Å². The second-order valence-corrected chi connectivity index (χ2v) is 10.7. The Morgan fingerprint density at radius 3 is 2.26 bits per heavy atom. The van der Waals surface area contributed by atoms with Crippen LogP contribution >= 0.6 is 11.6 Å². The zero-order chi connectivity index (χ0) is 33.4. The molecule has 12 heteroatoms. The van der Waals surface area contributed by atoms with Crippen LogP contribution in [0.15, 0.2) is 83.6 Å². The standard InChI is InChI=1S/C32H33N7O2.CH3Cl.CH5N.CH2O/c1-2-5-23(6-3-1)22-38-15-12-24(13-16-38)28-29-30(41-37-28)32(39-17-19-40-20-18-39)36-31(35-29)25-8-10-26(11-9-25)34-27-7-4-14-33-21-27;3*1-2/h1-11,14,21,24,34H,12-13,15-20,22H2;1H3;2H2,1H3;1H2. The van der Waals surface area contributed by atoms with Gasteiger partial charge in [0.2, 0.25) is 5.58 Å². The van der Waals surface area contributed by atoms with Gasteiger partial charge in [0.25, 0.3) is 0 Å². The number of pyridine rings is 1. The first kappa shape index (κ1) is 35.4. The van der Waals surface area contributed by atoms with Crippen molar-refractivity contribution in [2.24, 2.45) is 5.73 Å². The van der Waals surface area contributed by atoms with Crippen molar-refractivity contribution in [2.45, 2.75) is 25.3 Å². The molecule has 7 rings (SSSR count). The molecule has 0 amide bonds. The summed E-state index contributed by atoms with van der Waals surface area (Å²) < 4.78 is 11.6. The number of carbonyl (C=O) groups excluding carboxylic acids is 1. The van der Waals surface area contributed by atoms with E-state index in [4.69, 9.17) is 24.0 Å². The third kappa shape index (κ3) is 9.11. The summed E-state index contributed by atoms with van der Waals surface area (Å²) in [6.07, 6.45) is 7.09. The fraction of sp³-hybridized carbons (Fsp3) is 0.343. The molecular formula is C35H43ClN8O3. The second kappa shape index (κ2) is 18.7. The van der Waals surface area contributed by atoms with Gasteiger partial charge in [-0.25, -0.2) is 9.97 Å². The first-order valence-corrected chi connectivity index (χ1v) is 16.3. The normalized spacial score (nSPS) is 14.9. The minimum Gasteiger partial charge on any atom is -0.378 e. The number of ether oxygens (including phenoxy) is 1. The molecule has 11 nitrogen and oxygen atoms in total. The van der Waals surface area contributed by atoms with E-state index in [0.717, 1.165) is 79.5 Å². The predicted molar refractivity (Wildman–Crippen MR) is 188 cm³/mol. The van der Waals surface area contributed by atoms with Gasteiger partial charge in [-0.3, -0.25) is 9.88 Å². The number of carbonyl (C=O) groups is 1. The maximum Gasteiger partial charge on any atom is 0.227 e. The lowest BCUT2D eigenvalue weighted by Gasteiger charge is -2.31. The summed E-state index contributed by atoms with van der Waals surface area (Å²) in [4.78, 5) is 27.0. The summed E-state index contributed by atoms with van der Waals surface area (Å²) >= 11 is 4.64. The molecule has 0 unspecified atom stereocenters. The molecule has 5 aromatic rings. The van der Waals surface area contributed by atoms with Crippen molar-refractivity contribution in [3.05, 3.63) is 90.4 Å². The summed E-state index contributed by atoms with van der Waals surface area (Å²) in [5.74, 6) is 1.78. The highest BCUT2D eigenvalue weighted by molar-refractivity contribution is 6.15. The summed E-state index contributed by atoms with van der Waals surface area (Å²) in [5, 5.41) is 8.00. The molecule has 2 aliphatic rings. The fourth-order valence-electron chi connectivity index (χ4n) is 5.73. The topological polar surface area (TPSA) is 136 Å². The van der Waals surface area contributed by atoms with E-state index in [1.807, 2.05) is 31.1 Å². The zero-order valence-corrected chi connectivity index (χ0v) is 27.8. The number of halogens is 1. The van der Waals surface area contributed by atoms with Crippen LogP contribution in [-0.2, 0) is 16.1 Å². The lowest BCUT2D eigenvalue weighted by Crippen LogP contribution is -2.37. The number of aromatic nitrogens is 4. The molecule has 0 aliphatic carbocycles. The summed E-state index contributed by atoms with van der Waals surface area (Å²) in [7, 11) is 1.50. The van der Waals surface area contributed by atoms with Crippen LogP contribution in [0.5, 0.6) is 0 Å². The molecule has 3 aromatic heterocycles. The summed E-state index contributed by atoms with van der Waals surface area (Å²) in [6.45, 7) is 7.86. The van der Waals surface area contributed by atoms with Gasteiger partial charge in [-0.15, -0.1) is 11.6 Å². The van der Waals surface area contributed by atoms with E-state index in [9.17, 15) is 0 Å². The Morgan fingerprint density at radius 1 is 0.894 bits per heavy atom. The first-order chi connectivity index (χ1) is 23.3. The number of morpholine rings is 1. The second-order valence-electron chi connectivity index (χ2n) is 10.7. The fourth-order valence-corrected chi connectivity index (χ4v) is 5.73. The zero-order valence-electron chi connectivity index (χ0n) is 27.0. The molecule has 5 heterocycles. The predicted octanol–water partition coefficient (Wildman–Crippen LogP) is 5.88. The number of hydrogen-bond donors (Lipinski definition) is 2. The highest BCUT2D eigenvalue weighted by atomic mass is 35.5. The monoisotopic (exact) mass is 658 g/mol. The van der Waals surface area contributed by atoms with Crippen LogP contribution < -0.4 is 16.0 Å². The summed E-state index contributed by atoms with van der Waals surface area (Å²) in [6, 6.07) is 22.8. The number of nitrogens with one attached hydrogen (secondary N) is 1. The van der Waals surface area contributed by atoms with Crippen molar-refractivity contribution in [2.75, 3.05) is 63.0 Å². The molecule has 2 aliphatic heterocycles. The molecule has 2 fully saturated rings. The van der Waals surface area contributed by atoms with Gasteiger partial charge >= 0.3 is 0 Å². The van der Waals surface area contributed by atoms with Crippen LogP contribution in [0.3, 0.4) is 0 Å². The average molecular weight is 659 g/mol. The van der Waals surface area contributed by atoms with Crippen LogP contribution in [0, 0.1) is 0 Å². The van der Waals surface area contributed by atoms with Crippen LogP contribution in [0.25, 0.3) is 22.5 Å². The molecule has 0 spiro atoms. The Labute approximate surface area is 281 Å². The lowest BCUT2D eigenvalue weighted by atomic mass is 9.92. The number of nitrogens with two attached hydrogens (primary N) is 1. The number of anilines is 3. The Kier molecular flexibility index (Phi) is 14.1. The van der Waals surface area contributed by atoms with Crippen LogP contribution in [0.2, 0.25) is 0 Å². The van der Waals surface area contributed by atoms with E-state index in [0.29, 0.717) is 30.5 Å². The van der Waals surface area contributed by atoms with Crippen molar-refractivity contribution in [1.29, 1.82) is 0 Å². The Balaban J connectivity index is 0.000000790. The third-order valence-corrected chi connectivity index (χ3v) is 7.95. The Bertz CT molecular complexity index is 1610. The smallest absolute Gasteiger partial charge is 0.227 e. The van der Waals surface area contributed by atoms with Crippen LogP contribution in [0.4, 0.5) is 17.2 Å². The average Bonchev–Trinajstić information content (AvgIpc) is 3.60. The molecule has 47 heavy (non-hydrogen) atoms. The first-order valence-electron chi connectivity index (χ1n) is 15.6. The number of nitrogens with zero attached hydrogens (tertiary/aromatic N) is 6. The minimum absolute atomic E-state index is 0.301. The van der Waals surface area contributed by atoms with Gasteiger partial charge in [0.1, 0.15) is 18.0 Å². The van der Waals surface area contributed by atoms with Gasteiger partial charge in [0, 0.05) is 49.4 Å². The molecule has 2 saturated heterocycles. The van der Waals surface area contributed by atoms with E-state index < -0.39 is 0 Å². The van der Waals surface area contributed by atoms with Crippen molar-refractivity contribution in [3.8, 4) is 11.4 Å². The number of rotatable bonds is 7. The number of piperidine rings is 1. The minimum atomic E-state index is 0.301. The molecule has 0 atom stereocenters. The quantitative estimate of drug-likeness (QED) is 0.203. The van der Waals surface area contributed by atoms with Gasteiger partial charge in [0.05, 0.1) is 25.1 Å².